The smallest absolute Gasteiger partial charge is 0.166 e. The highest BCUT2D eigenvalue weighted by molar-refractivity contribution is 7.18. The van der Waals surface area contributed by atoms with Crippen LogP contribution < -0.4 is 5.32 Å². The molecule has 2 aromatic heterocycles. The Hall–Kier alpha value is -1.72. The Morgan fingerprint density at radius 3 is 2.76 bits per heavy atom. The van der Waals surface area contributed by atoms with Crippen molar-refractivity contribution in [3.63, 3.8) is 0 Å². The number of benzene rings is 1. The fraction of sp³-hybridized carbons (Fsp3) is 0.200. The van der Waals surface area contributed by atoms with Gasteiger partial charge in [0.2, 0.25) is 0 Å². The van der Waals surface area contributed by atoms with Crippen molar-refractivity contribution in [3.8, 4) is 11.4 Å². The molecule has 2 heterocycles. The summed E-state index contributed by atoms with van der Waals surface area (Å²) in [5.74, 6) is 0.655. The Labute approximate surface area is 130 Å². The van der Waals surface area contributed by atoms with E-state index in [1.165, 1.54) is 10.9 Å². The maximum Gasteiger partial charge on any atom is 0.166 e. The minimum absolute atomic E-state index is 0.351. The molecule has 1 N–H and O–H groups in total. The number of nitrogens with zero attached hydrogens (tertiary/aromatic N) is 2. The molecule has 0 aliphatic heterocycles. The van der Waals surface area contributed by atoms with E-state index in [-0.39, 0.29) is 0 Å². The van der Waals surface area contributed by atoms with Crippen molar-refractivity contribution >= 4 is 39.0 Å². The average molecular weight is 322 g/mol. The van der Waals surface area contributed by atoms with Gasteiger partial charge < -0.3 is 5.32 Å². The van der Waals surface area contributed by atoms with E-state index in [4.69, 9.17) is 11.6 Å². The second-order valence-corrected chi connectivity index (χ2v) is 6.11. The van der Waals surface area contributed by atoms with Crippen molar-refractivity contribution in [2.24, 2.45) is 0 Å². The Morgan fingerprint density at radius 2 is 2.10 bits per heavy atom. The van der Waals surface area contributed by atoms with Gasteiger partial charge in [0.1, 0.15) is 16.5 Å². The molecule has 21 heavy (non-hydrogen) atoms. The average Bonchev–Trinajstić information content (AvgIpc) is 2.89. The number of fused-ring (bicyclic) bond motifs is 1. The van der Waals surface area contributed by atoms with Crippen LogP contribution in [0.25, 0.3) is 21.6 Å². The first kappa shape index (κ1) is 14.2. The number of nitrogens with one attached hydrogen (secondary N) is 1. The van der Waals surface area contributed by atoms with E-state index < -0.39 is 5.82 Å². The predicted molar refractivity (Wildman–Crippen MR) is 86.7 cm³/mol. The third-order valence-corrected chi connectivity index (χ3v) is 4.61. The van der Waals surface area contributed by atoms with Gasteiger partial charge in [-0.25, -0.2) is 14.4 Å². The maximum atomic E-state index is 14.1. The van der Waals surface area contributed by atoms with Gasteiger partial charge in [-0.1, -0.05) is 18.5 Å². The van der Waals surface area contributed by atoms with Gasteiger partial charge in [0.05, 0.1) is 10.9 Å². The van der Waals surface area contributed by atoms with Crippen LogP contribution in [0.2, 0.25) is 5.02 Å². The Bertz CT molecular complexity index is 816. The fourth-order valence-electron chi connectivity index (χ4n) is 2.13. The van der Waals surface area contributed by atoms with Gasteiger partial charge in [-0.2, -0.15) is 0 Å². The summed E-state index contributed by atoms with van der Waals surface area (Å²) in [5, 5.41) is 4.38. The quantitative estimate of drug-likeness (QED) is 0.756. The SMILES string of the molecule is CCc1cc2c(NC)nc(-c3ccc(Cl)cc3F)nc2s1. The molecule has 0 aliphatic rings. The third kappa shape index (κ3) is 2.59. The summed E-state index contributed by atoms with van der Waals surface area (Å²) in [5.41, 5.74) is 0.351. The second-order valence-electron chi connectivity index (χ2n) is 4.56. The molecule has 0 spiro atoms. The second kappa shape index (κ2) is 5.58. The third-order valence-electron chi connectivity index (χ3n) is 3.20. The Kier molecular flexibility index (Phi) is 3.78. The number of hydrogen-bond donors (Lipinski definition) is 1. The zero-order valence-corrected chi connectivity index (χ0v) is 13.1. The molecular weight excluding hydrogens is 309 g/mol. The van der Waals surface area contributed by atoms with Crippen LogP contribution in [-0.2, 0) is 6.42 Å². The van der Waals surface area contributed by atoms with Crippen LogP contribution in [0.4, 0.5) is 10.2 Å². The van der Waals surface area contributed by atoms with Crippen molar-refractivity contribution in [3.05, 3.63) is 40.0 Å². The van der Waals surface area contributed by atoms with E-state index in [9.17, 15) is 4.39 Å². The van der Waals surface area contributed by atoms with Crippen molar-refractivity contribution in [2.45, 2.75) is 13.3 Å². The molecule has 0 atom stereocenters. The molecular formula is C15H13ClFN3S. The molecule has 1 aromatic carbocycles. The molecule has 0 saturated heterocycles. The van der Waals surface area contributed by atoms with Crippen LogP contribution in [-0.4, -0.2) is 17.0 Å². The standard InChI is InChI=1S/C15H13ClFN3S/c1-3-9-7-11-13(18-2)19-14(20-15(11)21-9)10-5-4-8(16)6-12(10)17/h4-7H,3H2,1-2H3,(H,18,19,20). The van der Waals surface area contributed by atoms with Crippen LogP contribution in [0.1, 0.15) is 11.8 Å². The van der Waals surface area contributed by atoms with Gasteiger partial charge in [-0.3, -0.25) is 0 Å². The first-order valence-electron chi connectivity index (χ1n) is 6.56. The first-order valence-corrected chi connectivity index (χ1v) is 7.75. The minimum Gasteiger partial charge on any atom is -0.372 e. The lowest BCUT2D eigenvalue weighted by molar-refractivity contribution is 0.630. The van der Waals surface area contributed by atoms with Crippen LogP contribution in [0.5, 0.6) is 0 Å². The Balaban J connectivity index is 2.23. The van der Waals surface area contributed by atoms with Crippen molar-refractivity contribution in [2.75, 3.05) is 12.4 Å². The maximum absolute atomic E-state index is 14.1. The van der Waals surface area contributed by atoms with E-state index in [1.54, 1.807) is 30.5 Å². The lowest BCUT2D eigenvalue weighted by atomic mass is 10.2. The van der Waals surface area contributed by atoms with E-state index in [2.05, 4.69) is 28.3 Å². The highest BCUT2D eigenvalue weighted by atomic mass is 35.5. The largest absolute Gasteiger partial charge is 0.372 e. The number of aromatic nitrogens is 2. The summed E-state index contributed by atoms with van der Waals surface area (Å²) in [6, 6.07) is 6.59. The molecule has 0 unspecified atom stereocenters. The van der Waals surface area contributed by atoms with Gasteiger partial charge in [-0.05, 0) is 30.7 Å². The molecule has 3 aromatic rings. The van der Waals surface area contributed by atoms with Gasteiger partial charge in [0.25, 0.3) is 0 Å². The highest BCUT2D eigenvalue weighted by Gasteiger charge is 2.14. The van der Waals surface area contributed by atoms with Gasteiger partial charge >= 0.3 is 0 Å². The van der Waals surface area contributed by atoms with Crippen LogP contribution in [0.15, 0.2) is 24.3 Å². The lowest BCUT2D eigenvalue weighted by Crippen LogP contribution is -1.98. The van der Waals surface area contributed by atoms with Crippen molar-refractivity contribution in [1.82, 2.24) is 9.97 Å². The summed E-state index contributed by atoms with van der Waals surface area (Å²) >= 11 is 7.39. The molecule has 0 fully saturated rings. The summed E-state index contributed by atoms with van der Waals surface area (Å²) in [6.07, 6.45) is 0.939. The zero-order chi connectivity index (χ0) is 15.0. The summed E-state index contributed by atoms with van der Waals surface area (Å²) in [6.45, 7) is 2.09. The topological polar surface area (TPSA) is 37.8 Å². The zero-order valence-electron chi connectivity index (χ0n) is 11.6. The summed E-state index contributed by atoms with van der Waals surface area (Å²) in [7, 11) is 1.80. The molecule has 0 radical (unpaired) electrons. The summed E-state index contributed by atoms with van der Waals surface area (Å²) in [4.78, 5) is 11.0. The predicted octanol–water partition coefficient (Wildman–Crippen LogP) is 4.75. The van der Waals surface area contributed by atoms with Gasteiger partial charge in [0, 0.05) is 16.9 Å². The first-order chi connectivity index (χ1) is 10.1. The number of thiophene rings is 1. The molecule has 6 heteroatoms. The van der Waals surface area contributed by atoms with E-state index in [1.807, 2.05) is 0 Å². The highest BCUT2D eigenvalue weighted by Crippen LogP contribution is 2.32. The number of anilines is 1. The van der Waals surface area contributed by atoms with E-state index >= 15 is 0 Å². The Morgan fingerprint density at radius 1 is 1.29 bits per heavy atom. The minimum atomic E-state index is -0.420. The molecule has 108 valence electrons. The van der Waals surface area contributed by atoms with Crippen LogP contribution >= 0.6 is 22.9 Å². The fourth-order valence-corrected chi connectivity index (χ4v) is 3.25. The normalized spacial score (nSPS) is 11.0. The number of halogens is 2. The van der Waals surface area contributed by atoms with Crippen molar-refractivity contribution in [1.29, 1.82) is 0 Å². The van der Waals surface area contributed by atoms with Gasteiger partial charge in [0.15, 0.2) is 5.82 Å². The molecule has 3 rings (SSSR count). The van der Waals surface area contributed by atoms with E-state index in [0.29, 0.717) is 22.2 Å². The molecule has 3 nitrogen and oxygen atoms in total. The monoisotopic (exact) mass is 321 g/mol. The van der Waals surface area contributed by atoms with E-state index in [0.717, 1.165) is 16.6 Å². The number of hydrogen-bond acceptors (Lipinski definition) is 4. The van der Waals surface area contributed by atoms with Crippen molar-refractivity contribution < 1.29 is 4.39 Å². The lowest BCUT2D eigenvalue weighted by Gasteiger charge is -2.06. The number of aryl methyl sites for hydroxylation is 1. The van der Waals surface area contributed by atoms with Gasteiger partial charge in [-0.15, -0.1) is 11.3 Å². The molecule has 0 saturated carbocycles. The molecule has 0 bridgehead atoms. The molecule has 0 aliphatic carbocycles. The number of rotatable bonds is 3. The van der Waals surface area contributed by atoms with Crippen LogP contribution in [0, 0.1) is 5.82 Å². The summed E-state index contributed by atoms with van der Waals surface area (Å²) < 4.78 is 14.1. The van der Waals surface area contributed by atoms with Crippen LogP contribution in [0.3, 0.4) is 0 Å². The molecule has 0 amide bonds.